The van der Waals surface area contributed by atoms with Crippen molar-refractivity contribution in [2.24, 2.45) is 7.05 Å². The summed E-state index contributed by atoms with van der Waals surface area (Å²) in [5, 5.41) is 6.79. The average molecular weight is 261 g/mol. The molecule has 0 radical (unpaired) electrons. The minimum atomic E-state index is -0.281. The first-order valence-corrected chi connectivity index (χ1v) is 5.66. The van der Waals surface area contributed by atoms with Gasteiger partial charge in [-0.15, -0.1) is 0 Å². The van der Waals surface area contributed by atoms with Crippen molar-refractivity contribution >= 4 is 11.6 Å². The lowest BCUT2D eigenvalue weighted by molar-refractivity contribution is 0.0947. The van der Waals surface area contributed by atoms with Crippen LogP contribution in [0.1, 0.15) is 16.2 Å². The maximum atomic E-state index is 12.0. The molecular formula is C12H15N5O2. The third kappa shape index (κ3) is 3.01. The summed E-state index contributed by atoms with van der Waals surface area (Å²) in [4.78, 5) is 16.1. The van der Waals surface area contributed by atoms with E-state index in [0.29, 0.717) is 22.8 Å². The van der Waals surface area contributed by atoms with Gasteiger partial charge >= 0.3 is 0 Å². The number of nitrogen functional groups attached to an aromatic ring is 1. The summed E-state index contributed by atoms with van der Waals surface area (Å²) >= 11 is 0. The van der Waals surface area contributed by atoms with E-state index >= 15 is 0 Å². The molecule has 2 aromatic rings. The van der Waals surface area contributed by atoms with Crippen LogP contribution in [0.5, 0.6) is 5.75 Å². The first kappa shape index (κ1) is 12.9. The predicted octanol–water partition coefficient (Wildman–Crippen LogP) is 0.336. The standard InChI is InChI=1S/C12H15N5O2/c1-17-7-15-11(16-17)6-14-12(18)9-5-8(13)3-4-10(9)19-2/h3-5,7H,6,13H2,1-2H3,(H,14,18). The Bertz CT molecular complexity index is 594. The number of nitrogens with one attached hydrogen (secondary N) is 1. The molecule has 0 atom stereocenters. The molecular weight excluding hydrogens is 246 g/mol. The Labute approximate surface area is 110 Å². The molecule has 1 aromatic carbocycles. The molecule has 0 saturated heterocycles. The molecule has 1 heterocycles. The summed E-state index contributed by atoms with van der Waals surface area (Å²) in [7, 11) is 3.27. The van der Waals surface area contributed by atoms with E-state index in [2.05, 4.69) is 15.4 Å². The van der Waals surface area contributed by atoms with Gasteiger partial charge in [0.15, 0.2) is 5.82 Å². The third-order valence-electron chi connectivity index (χ3n) is 2.52. The van der Waals surface area contributed by atoms with E-state index in [1.165, 1.54) is 7.11 Å². The van der Waals surface area contributed by atoms with Gasteiger partial charge in [0.25, 0.3) is 5.91 Å². The molecule has 0 aliphatic rings. The summed E-state index contributed by atoms with van der Waals surface area (Å²) in [5.41, 5.74) is 6.56. The SMILES string of the molecule is COc1ccc(N)cc1C(=O)NCc1ncn(C)n1. The van der Waals surface area contributed by atoms with E-state index in [1.54, 1.807) is 36.3 Å². The Balaban J connectivity index is 2.09. The Kier molecular flexibility index (Phi) is 3.65. The first-order valence-electron chi connectivity index (χ1n) is 5.66. The number of rotatable bonds is 4. The van der Waals surface area contributed by atoms with Crippen LogP contribution in [0.25, 0.3) is 0 Å². The number of carbonyl (C=O) groups is 1. The number of hydrogen-bond acceptors (Lipinski definition) is 5. The fraction of sp³-hybridized carbons (Fsp3) is 0.250. The lowest BCUT2D eigenvalue weighted by atomic mass is 10.1. The number of ether oxygens (including phenoxy) is 1. The fourth-order valence-corrected chi connectivity index (χ4v) is 1.62. The second kappa shape index (κ2) is 5.38. The van der Waals surface area contributed by atoms with E-state index < -0.39 is 0 Å². The quantitative estimate of drug-likeness (QED) is 0.774. The number of methoxy groups -OCH3 is 1. The second-order valence-corrected chi connectivity index (χ2v) is 3.98. The highest BCUT2D eigenvalue weighted by Crippen LogP contribution is 2.20. The molecule has 100 valence electrons. The van der Waals surface area contributed by atoms with Gasteiger partial charge in [0.05, 0.1) is 19.2 Å². The number of carbonyl (C=O) groups excluding carboxylic acids is 1. The molecule has 0 aliphatic heterocycles. The van der Waals surface area contributed by atoms with Crippen LogP contribution in [0.4, 0.5) is 5.69 Å². The van der Waals surface area contributed by atoms with Crippen LogP contribution in [0.3, 0.4) is 0 Å². The van der Waals surface area contributed by atoms with Gasteiger partial charge in [0, 0.05) is 12.7 Å². The summed E-state index contributed by atoms with van der Waals surface area (Å²) in [5.74, 6) is 0.732. The van der Waals surface area contributed by atoms with Crippen molar-refractivity contribution in [3.8, 4) is 5.75 Å². The minimum Gasteiger partial charge on any atom is -0.496 e. The number of anilines is 1. The predicted molar refractivity (Wildman–Crippen MR) is 69.6 cm³/mol. The molecule has 1 amide bonds. The van der Waals surface area contributed by atoms with Gasteiger partial charge in [-0.1, -0.05) is 0 Å². The van der Waals surface area contributed by atoms with Crippen molar-refractivity contribution < 1.29 is 9.53 Å². The van der Waals surface area contributed by atoms with E-state index in [9.17, 15) is 4.79 Å². The zero-order valence-corrected chi connectivity index (χ0v) is 10.8. The van der Waals surface area contributed by atoms with Crippen molar-refractivity contribution in [1.29, 1.82) is 0 Å². The highest BCUT2D eigenvalue weighted by Gasteiger charge is 2.13. The lowest BCUT2D eigenvalue weighted by Gasteiger charge is -2.09. The maximum absolute atomic E-state index is 12.0. The van der Waals surface area contributed by atoms with Crippen LogP contribution in [0.2, 0.25) is 0 Å². The molecule has 2 rings (SSSR count). The Morgan fingerprint density at radius 3 is 2.95 bits per heavy atom. The van der Waals surface area contributed by atoms with E-state index in [-0.39, 0.29) is 12.5 Å². The number of amides is 1. The molecule has 0 spiro atoms. The van der Waals surface area contributed by atoms with Crippen molar-refractivity contribution in [1.82, 2.24) is 20.1 Å². The Morgan fingerprint density at radius 2 is 2.32 bits per heavy atom. The van der Waals surface area contributed by atoms with Crippen molar-refractivity contribution in [3.63, 3.8) is 0 Å². The van der Waals surface area contributed by atoms with E-state index in [0.717, 1.165) is 0 Å². The van der Waals surface area contributed by atoms with Crippen molar-refractivity contribution in [2.45, 2.75) is 6.54 Å². The number of nitrogens with zero attached hydrogens (tertiary/aromatic N) is 3. The third-order valence-corrected chi connectivity index (χ3v) is 2.52. The average Bonchev–Trinajstić information content (AvgIpc) is 2.81. The van der Waals surface area contributed by atoms with Gasteiger partial charge in [-0.3, -0.25) is 9.48 Å². The normalized spacial score (nSPS) is 10.2. The zero-order chi connectivity index (χ0) is 13.8. The molecule has 7 nitrogen and oxygen atoms in total. The van der Waals surface area contributed by atoms with Gasteiger partial charge in [0.1, 0.15) is 12.1 Å². The summed E-state index contributed by atoms with van der Waals surface area (Å²) in [6, 6.07) is 4.90. The Hall–Kier alpha value is -2.57. The highest BCUT2D eigenvalue weighted by molar-refractivity contribution is 5.97. The molecule has 7 heteroatoms. The van der Waals surface area contributed by atoms with Crippen molar-refractivity contribution in [3.05, 3.63) is 35.9 Å². The minimum absolute atomic E-state index is 0.248. The highest BCUT2D eigenvalue weighted by atomic mass is 16.5. The number of hydrogen-bond donors (Lipinski definition) is 2. The van der Waals surface area contributed by atoms with Gasteiger partial charge in [-0.05, 0) is 18.2 Å². The molecule has 1 aromatic heterocycles. The molecule has 0 saturated carbocycles. The van der Waals surface area contributed by atoms with Gasteiger partial charge in [-0.25, -0.2) is 4.98 Å². The fourth-order valence-electron chi connectivity index (χ4n) is 1.62. The van der Waals surface area contributed by atoms with E-state index in [1.807, 2.05) is 0 Å². The zero-order valence-electron chi connectivity index (χ0n) is 10.8. The Morgan fingerprint density at radius 1 is 1.53 bits per heavy atom. The van der Waals surface area contributed by atoms with Crippen LogP contribution in [0, 0.1) is 0 Å². The molecule has 19 heavy (non-hydrogen) atoms. The summed E-state index contributed by atoms with van der Waals surface area (Å²) < 4.78 is 6.70. The molecule has 0 bridgehead atoms. The number of nitrogens with two attached hydrogens (primary N) is 1. The van der Waals surface area contributed by atoms with Gasteiger partial charge in [-0.2, -0.15) is 5.10 Å². The van der Waals surface area contributed by atoms with Crippen LogP contribution < -0.4 is 15.8 Å². The van der Waals surface area contributed by atoms with Gasteiger partial charge in [0.2, 0.25) is 0 Å². The lowest BCUT2D eigenvalue weighted by Crippen LogP contribution is -2.24. The van der Waals surface area contributed by atoms with E-state index in [4.69, 9.17) is 10.5 Å². The van der Waals surface area contributed by atoms with Crippen LogP contribution in [0.15, 0.2) is 24.5 Å². The monoisotopic (exact) mass is 261 g/mol. The maximum Gasteiger partial charge on any atom is 0.255 e. The number of benzene rings is 1. The molecule has 0 unspecified atom stereocenters. The summed E-state index contributed by atoms with van der Waals surface area (Å²) in [6.45, 7) is 0.248. The molecule has 3 N–H and O–H groups in total. The number of aryl methyl sites for hydroxylation is 1. The van der Waals surface area contributed by atoms with Crippen LogP contribution >= 0.6 is 0 Å². The topological polar surface area (TPSA) is 95.1 Å². The largest absolute Gasteiger partial charge is 0.496 e. The molecule has 0 fully saturated rings. The number of aromatic nitrogens is 3. The first-order chi connectivity index (χ1) is 9.10. The van der Waals surface area contributed by atoms with Gasteiger partial charge < -0.3 is 15.8 Å². The van der Waals surface area contributed by atoms with Crippen LogP contribution in [-0.2, 0) is 13.6 Å². The smallest absolute Gasteiger partial charge is 0.255 e. The van der Waals surface area contributed by atoms with Crippen LogP contribution in [-0.4, -0.2) is 27.8 Å². The van der Waals surface area contributed by atoms with Crippen molar-refractivity contribution in [2.75, 3.05) is 12.8 Å². The second-order valence-electron chi connectivity index (χ2n) is 3.98. The molecule has 0 aliphatic carbocycles. The summed E-state index contributed by atoms with van der Waals surface area (Å²) in [6.07, 6.45) is 1.57.